The van der Waals surface area contributed by atoms with Crippen LogP contribution in [-0.2, 0) is 4.79 Å². The fourth-order valence-corrected chi connectivity index (χ4v) is 3.26. The Balaban J connectivity index is 1.78. The molecule has 0 spiro atoms. The molecule has 0 radical (unpaired) electrons. The van der Waals surface area contributed by atoms with E-state index in [9.17, 15) is 9.59 Å². The molecule has 0 N–H and O–H groups in total. The van der Waals surface area contributed by atoms with E-state index in [1.54, 1.807) is 11.2 Å². The van der Waals surface area contributed by atoms with Crippen molar-refractivity contribution < 1.29 is 9.59 Å². The van der Waals surface area contributed by atoms with Crippen LogP contribution in [0.15, 0.2) is 72.4 Å². The van der Waals surface area contributed by atoms with E-state index in [0.29, 0.717) is 24.1 Å². The predicted molar refractivity (Wildman–Crippen MR) is 86.2 cm³/mol. The normalized spacial score (nSPS) is 20.5. The maximum absolute atomic E-state index is 12.9. The Hall–Kier alpha value is -2.72. The van der Waals surface area contributed by atoms with Gasteiger partial charge in [0.1, 0.15) is 0 Å². The van der Waals surface area contributed by atoms with E-state index in [1.165, 1.54) is 0 Å². The molecule has 4 heteroatoms. The van der Waals surface area contributed by atoms with Crippen LogP contribution in [-0.4, -0.2) is 28.3 Å². The molecule has 23 heavy (non-hydrogen) atoms. The second-order valence-electron chi connectivity index (χ2n) is 5.74. The molecular formula is C19H16N2O2. The van der Waals surface area contributed by atoms with Crippen LogP contribution in [0.4, 0.5) is 0 Å². The third kappa shape index (κ3) is 2.28. The standard InChI is InChI=1S/C19H16N2O2/c22-17-11-12-20-18(14-7-3-1-4-8-14)16(13-21(17)20)19(23)15-9-5-2-6-10-15/h1-10,13,18H,11-12H2. The van der Waals surface area contributed by atoms with Crippen LogP contribution < -0.4 is 0 Å². The van der Waals surface area contributed by atoms with Gasteiger partial charge in [-0.25, -0.2) is 10.0 Å². The summed E-state index contributed by atoms with van der Waals surface area (Å²) in [5.74, 6) is 0.0171. The minimum Gasteiger partial charge on any atom is -0.289 e. The van der Waals surface area contributed by atoms with Crippen LogP contribution in [0, 0.1) is 0 Å². The lowest BCUT2D eigenvalue weighted by Crippen LogP contribution is -2.33. The maximum atomic E-state index is 12.9. The summed E-state index contributed by atoms with van der Waals surface area (Å²) in [7, 11) is 0. The molecule has 2 aromatic carbocycles. The summed E-state index contributed by atoms with van der Waals surface area (Å²) in [5.41, 5.74) is 2.32. The van der Waals surface area contributed by atoms with E-state index in [1.807, 2.05) is 65.7 Å². The summed E-state index contributed by atoms with van der Waals surface area (Å²) in [5, 5.41) is 3.58. The average molecular weight is 304 g/mol. The van der Waals surface area contributed by atoms with Crippen molar-refractivity contribution in [1.82, 2.24) is 10.0 Å². The molecule has 4 rings (SSSR count). The molecule has 2 aliphatic rings. The summed E-state index contributed by atoms with van der Waals surface area (Å²) in [6.07, 6.45) is 2.20. The predicted octanol–water partition coefficient (Wildman–Crippen LogP) is 2.96. The first-order chi connectivity index (χ1) is 11.3. The Labute approximate surface area is 134 Å². The zero-order valence-electron chi connectivity index (χ0n) is 12.6. The number of carbonyl (C=O) groups is 2. The molecule has 1 unspecified atom stereocenters. The fourth-order valence-electron chi connectivity index (χ4n) is 3.26. The maximum Gasteiger partial charge on any atom is 0.242 e. The lowest BCUT2D eigenvalue weighted by molar-refractivity contribution is -0.132. The van der Waals surface area contributed by atoms with Crippen LogP contribution in [0.3, 0.4) is 0 Å². The van der Waals surface area contributed by atoms with Gasteiger partial charge in [-0.2, -0.15) is 0 Å². The fraction of sp³-hybridized carbons (Fsp3) is 0.158. The summed E-state index contributed by atoms with van der Waals surface area (Å²) >= 11 is 0. The second kappa shape index (κ2) is 5.48. The van der Waals surface area contributed by atoms with Crippen LogP contribution in [0.5, 0.6) is 0 Å². The molecule has 2 aromatic rings. The number of fused-ring (bicyclic) bond motifs is 1. The van der Waals surface area contributed by atoms with E-state index in [-0.39, 0.29) is 17.7 Å². The van der Waals surface area contributed by atoms with Crippen LogP contribution in [0.2, 0.25) is 0 Å². The lowest BCUT2D eigenvalue weighted by Gasteiger charge is -2.26. The van der Waals surface area contributed by atoms with Gasteiger partial charge in [-0.05, 0) is 5.56 Å². The molecule has 1 saturated heterocycles. The van der Waals surface area contributed by atoms with Gasteiger partial charge in [-0.3, -0.25) is 9.59 Å². The third-order valence-electron chi connectivity index (χ3n) is 4.35. The highest BCUT2D eigenvalue weighted by atomic mass is 16.2. The molecular weight excluding hydrogens is 288 g/mol. The van der Waals surface area contributed by atoms with E-state index in [2.05, 4.69) is 0 Å². The van der Waals surface area contributed by atoms with E-state index in [4.69, 9.17) is 0 Å². The van der Waals surface area contributed by atoms with Crippen molar-refractivity contribution in [3.05, 3.63) is 83.6 Å². The molecule has 4 nitrogen and oxygen atoms in total. The Bertz CT molecular complexity index is 784. The van der Waals surface area contributed by atoms with E-state index < -0.39 is 0 Å². The van der Waals surface area contributed by atoms with Crippen molar-refractivity contribution in [2.24, 2.45) is 0 Å². The largest absolute Gasteiger partial charge is 0.289 e. The van der Waals surface area contributed by atoms with Gasteiger partial charge < -0.3 is 0 Å². The molecule has 1 amide bonds. The van der Waals surface area contributed by atoms with Crippen LogP contribution in [0.25, 0.3) is 0 Å². The zero-order chi connectivity index (χ0) is 15.8. The molecule has 2 aliphatic heterocycles. The Morgan fingerprint density at radius 3 is 2.30 bits per heavy atom. The van der Waals surface area contributed by atoms with Gasteiger partial charge in [0.15, 0.2) is 5.78 Å². The van der Waals surface area contributed by atoms with Gasteiger partial charge in [0, 0.05) is 30.3 Å². The number of carbonyl (C=O) groups excluding carboxylic acids is 2. The van der Waals surface area contributed by atoms with Crippen molar-refractivity contribution in [3.63, 3.8) is 0 Å². The molecule has 114 valence electrons. The van der Waals surface area contributed by atoms with Crippen molar-refractivity contribution in [1.29, 1.82) is 0 Å². The van der Waals surface area contributed by atoms with Gasteiger partial charge >= 0.3 is 0 Å². The summed E-state index contributed by atoms with van der Waals surface area (Å²) in [4.78, 5) is 25.0. The van der Waals surface area contributed by atoms with Gasteiger partial charge in [0.05, 0.1) is 6.04 Å². The number of amides is 1. The highest BCUT2D eigenvalue weighted by Gasteiger charge is 2.43. The highest BCUT2D eigenvalue weighted by Crippen LogP contribution is 2.40. The molecule has 0 aliphatic carbocycles. The first kappa shape index (κ1) is 13.9. The Morgan fingerprint density at radius 2 is 1.61 bits per heavy atom. The number of benzene rings is 2. The van der Waals surface area contributed by atoms with Crippen molar-refractivity contribution in [3.8, 4) is 0 Å². The van der Waals surface area contributed by atoms with Crippen LogP contribution >= 0.6 is 0 Å². The first-order valence-electron chi connectivity index (χ1n) is 7.71. The smallest absolute Gasteiger partial charge is 0.242 e. The monoisotopic (exact) mass is 304 g/mol. The van der Waals surface area contributed by atoms with Gasteiger partial charge in [0.25, 0.3) is 0 Å². The lowest BCUT2D eigenvalue weighted by atomic mass is 9.93. The number of hydrazine groups is 1. The Morgan fingerprint density at radius 1 is 0.957 bits per heavy atom. The van der Waals surface area contributed by atoms with Gasteiger partial charge in [-0.1, -0.05) is 60.7 Å². The van der Waals surface area contributed by atoms with E-state index in [0.717, 1.165) is 5.56 Å². The number of rotatable bonds is 3. The highest BCUT2D eigenvalue weighted by molar-refractivity contribution is 6.10. The SMILES string of the molecule is O=C(C1=CN2C(=O)CCN2C1c1ccccc1)c1ccccc1. The summed E-state index contributed by atoms with van der Waals surface area (Å²) in [6.45, 7) is 0.639. The molecule has 0 saturated carbocycles. The summed E-state index contributed by atoms with van der Waals surface area (Å²) < 4.78 is 0. The van der Waals surface area contributed by atoms with Crippen molar-refractivity contribution >= 4 is 11.7 Å². The molecule has 2 heterocycles. The second-order valence-corrected chi connectivity index (χ2v) is 5.74. The van der Waals surface area contributed by atoms with Crippen LogP contribution in [0.1, 0.15) is 28.4 Å². The minimum atomic E-state index is -0.199. The average Bonchev–Trinajstić information content (AvgIpc) is 3.16. The topological polar surface area (TPSA) is 40.6 Å². The number of nitrogens with zero attached hydrogens (tertiary/aromatic N) is 2. The molecule has 0 bridgehead atoms. The van der Waals surface area contributed by atoms with E-state index >= 15 is 0 Å². The minimum absolute atomic E-state index is 0.0262. The van der Waals surface area contributed by atoms with Crippen molar-refractivity contribution in [2.45, 2.75) is 12.5 Å². The summed E-state index contributed by atoms with van der Waals surface area (Å²) in [6, 6.07) is 18.9. The Kier molecular flexibility index (Phi) is 3.32. The van der Waals surface area contributed by atoms with Gasteiger partial charge in [0.2, 0.25) is 5.91 Å². The number of ketones is 1. The molecule has 1 atom stereocenters. The molecule has 0 aromatic heterocycles. The quantitative estimate of drug-likeness (QED) is 0.819. The number of hydrogen-bond donors (Lipinski definition) is 0. The first-order valence-corrected chi connectivity index (χ1v) is 7.71. The molecule has 1 fully saturated rings. The van der Waals surface area contributed by atoms with Crippen molar-refractivity contribution in [2.75, 3.05) is 6.54 Å². The third-order valence-corrected chi connectivity index (χ3v) is 4.35. The van der Waals surface area contributed by atoms with Gasteiger partial charge in [-0.15, -0.1) is 0 Å². The number of hydrogen-bond acceptors (Lipinski definition) is 3. The number of Topliss-reactive ketones (excluding diaryl/α,β-unsaturated/α-hetero) is 1. The zero-order valence-corrected chi connectivity index (χ0v) is 12.6.